The van der Waals surface area contributed by atoms with E-state index in [2.05, 4.69) is 66.8 Å². The molecule has 2 atom stereocenters. The van der Waals surface area contributed by atoms with Gasteiger partial charge in [0.1, 0.15) is 0 Å². The van der Waals surface area contributed by atoms with Gasteiger partial charge in [-0.3, -0.25) is 0 Å². The van der Waals surface area contributed by atoms with Gasteiger partial charge < -0.3 is 23.0 Å². The Morgan fingerprint density at radius 2 is 1.57 bits per heavy atom. The number of ether oxygens (including phenoxy) is 1. The molecule has 1 heterocycles. The quantitative estimate of drug-likeness (QED) is 0.492. The highest BCUT2D eigenvalue weighted by atomic mass is 28.5. The van der Waals surface area contributed by atoms with Crippen LogP contribution < -0.4 is 5.32 Å². The maximum Gasteiger partial charge on any atom is 0.407 e. The monoisotopic (exact) mass is 429 g/mol. The van der Waals surface area contributed by atoms with E-state index < -0.39 is 23.2 Å². The van der Waals surface area contributed by atoms with Crippen LogP contribution >= 0.6 is 0 Å². The summed E-state index contributed by atoms with van der Waals surface area (Å²) in [5.74, 6) is 0. The minimum absolute atomic E-state index is 0.0788. The molecule has 0 aromatic carbocycles. The Balaban J connectivity index is 2.46. The van der Waals surface area contributed by atoms with Crippen LogP contribution in [0.25, 0.3) is 0 Å². The van der Waals surface area contributed by atoms with Crippen LogP contribution in [0.3, 0.4) is 0 Å². The lowest BCUT2D eigenvalue weighted by Crippen LogP contribution is -2.63. The Morgan fingerprint density at radius 3 is 2.04 bits per heavy atom. The Hall–Kier alpha value is -0.676. The van der Waals surface area contributed by atoms with Crippen LogP contribution in [-0.4, -0.2) is 49.1 Å². The van der Waals surface area contributed by atoms with Crippen LogP contribution in [0.4, 0.5) is 4.79 Å². The van der Waals surface area contributed by atoms with Crippen LogP contribution in [-0.2, 0) is 17.7 Å². The van der Waals surface area contributed by atoms with Crippen LogP contribution in [0, 0.1) is 0 Å². The van der Waals surface area contributed by atoms with Crippen molar-refractivity contribution in [3.8, 4) is 0 Å². The fourth-order valence-electron chi connectivity index (χ4n) is 4.52. The number of rotatable bonds is 5. The topological polar surface area (TPSA) is 66.0 Å². The van der Waals surface area contributed by atoms with E-state index in [1.54, 1.807) is 0 Å². The first kappa shape index (κ1) is 23.6. The summed E-state index contributed by atoms with van der Waals surface area (Å²) in [5.41, 5.74) is 2.37. The van der Waals surface area contributed by atoms with E-state index in [1.807, 2.05) is 0 Å². The number of alkyl carbamates (subject to hydrolysis) is 1. The Morgan fingerprint density at radius 1 is 1.04 bits per heavy atom. The fourth-order valence-corrected chi connectivity index (χ4v) is 15.7. The summed E-state index contributed by atoms with van der Waals surface area (Å²) >= 11 is 0. The van der Waals surface area contributed by atoms with Crippen molar-refractivity contribution in [1.82, 2.24) is 5.32 Å². The van der Waals surface area contributed by atoms with E-state index in [0.717, 1.165) is 5.57 Å². The molecule has 6 nitrogen and oxygen atoms in total. The molecule has 1 N–H and O–H groups in total. The van der Waals surface area contributed by atoms with Crippen LogP contribution in [0.5, 0.6) is 0 Å². The van der Waals surface area contributed by atoms with Gasteiger partial charge in [-0.2, -0.15) is 0 Å². The third kappa shape index (κ3) is 4.40. The summed E-state index contributed by atoms with van der Waals surface area (Å²) in [7, 11) is -3.73. The molecular weight excluding hydrogens is 390 g/mol. The lowest BCUT2D eigenvalue weighted by molar-refractivity contribution is 0.102. The molecule has 2 rings (SSSR count). The molecule has 2 unspecified atom stereocenters. The molecule has 0 aromatic rings. The molecule has 28 heavy (non-hydrogen) atoms. The average Bonchev–Trinajstić information content (AvgIpc) is 2.94. The highest BCUT2D eigenvalue weighted by Crippen LogP contribution is 2.47. The second-order valence-corrected chi connectivity index (χ2v) is 18.1. The molecule has 0 saturated carbocycles. The van der Waals surface area contributed by atoms with Gasteiger partial charge in [0.25, 0.3) is 0 Å². The SMILES string of the molecule is COC(=O)NC1C=C2CO[Si](C(C)C)(C(C)C)O[Si](C(C)C)(C(C)C)OC2C1. The van der Waals surface area contributed by atoms with Crippen molar-refractivity contribution in [3.05, 3.63) is 11.6 Å². The summed E-state index contributed by atoms with van der Waals surface area (Å²) in [5, 5.41) is 2.89. The van der Waals surface area contributed by atoms with Gasteiger partial charge in [0, 0.05) is 6.42 Å². The van der Waals surface area contributed by atoms with Crippen molar-refractivity contribution in [1.29, 1.82) is 0 Å². The summed E-state index contributed by atoms with van der Waals surface area (Å²) in [6.45, 7) is 18.3. The molecule has 162 valence electrons. The number of amides is 1. The molecule has 1 aliphatic carbocycles. The van der Waals surface area contributed by atoms with E-state index in [4.69, 9.17) is 17.7 Å². The number of hydrogen-bond acceptors (Lipinski definition) is 5. The standard InChI is InChI=1S/C20H39NO5Si2/c1-13(2)27(14(3)4)24-12-17-10-18(21-20(22)23-9)11-19(17)25-28(26-27,15(5)6)16(7)8/h10,13-16,18-19H,11-12H2,1-9H3,(H,21,22). The first-order valence-corrected chi connectivity index (χ1v) is 14.5. The van der Waals surface area contributed by atoms with Gasteiger partial charge in [-0.05, 0) is 27.7 Å². The number of nitrogens with one attached hydrogen (secondary N) is 1. The molecule has 1 amide bonds. The zero-order valence-electron chi connectivity index (χ0n) is 19.0. The van der Waals surface area contributed by atoms with Crippen molar-refractivity contribution in [3.63, 3.8) is 0 Å². The zero-order valence-corrected chi connectivity index (χ0v) is 21.0. The average molecular weight is 430 g/mol. The lowest BCUT2D eigenvalue weighted by atomic mass is 10.2. The minimum atomic E-state index is -2.59. The van der Waals surface area contributed by atoms with E-state index in [9.17, 15) is 4.79 Å². The van der Waals surface area contributed by atoms with Crippen molar-refractivity contribution in [2.75, 3.05) is 13.7 Å². The molecule has 1 saturated heterocycles. The fraction of sp³-hybridized carbons (Fsp3) is 0.850. The molecule has 2 aliphatic rings. The Bertz CT molecular complexity index is 575. The molecule has 0 spiro atoms. The molecule has 1 fully saturated rings. The number of fused-ring (bicyclic) bond motifs is 1. The number of carbonyl (C=O) groups is 1. The maximum absolute atomic E-state index is 11.7. The highest BCUT2D eigenvalue weighted by Gasteiger charge is 2.58. The van der Waals surface area contributed by atoms with Crippen molar-refractivity contribution >= 4 is 23.2 Å². The minimum Gasteiger partial charge on any atom is -0.453 e. The van der Waals surface area contributed by atoms with Crippen molar-refractivity contribution < 1.29 is 22.5 Å². The molecule has 1 aliphatic heterocycles. The zero-order chi connectivity index (χ0) is 21.3. The molecule has 0 radical (unpaired) electrons. The van der Waals surface area contributed by atoms with Crippen molar-refractivity contribution in [2.24, 2.45) is 0 Å². The first-order chi connectivity index (χ1) is 13.0. The van der Waals surface area contributed by atoms with E-state index in [0.29, 0.717) is 35.2 Å². The second kappa shape index (κ2) is 8.99. The number of carbonyl (C=O) groups excluding carboxylic acids is 1. The van der Waals surface area contributed by atoms with Crippen LogP contribution in [0.15, 0.2) is 11.6 Å². The third-order valence-corrected chi connectivity index (χ3v) is 16.4. The Kier molecular flexibility index (Phi) is 7.58. The van der Waals surface area contributed by atoms with Gasteiger partial charge in [0.05, 0.1) is 25.9 Å². The predicted octanol–water partition coefficient (Wildman–Crippen LogP) is 5.00. The molecular formula is C20H39NO5Si2. The van der Waals surface area contributed by atoms with E-state index in [-0.39, 0.29) is 12.1 Å². The smallest absolute Gasteiger partial charge is 0.407 e. The van der Waals surface area contributed by atoms with Crippen molar-refractivity contribution in [2.45, 2.75) is 96.1 Å². The maximum atomic E-state index is 11.7. The molecule has 8 heteroatoms. The predicted molar refractivity (Wildman–Crippen MR) is 116 cm³/mol. The molecule has 0 bridgehead atoms. The molecule has 0 aromatic heterocycles. The largest absolute Gasteiger partial charge is 0.453 e. The summed E-state index contributed by atoms with van der Waals surface area (Å²) in [6, 6.07) is -0.102. The lowest BCUT2D eigenvalue weighted by Gasteiger charge is -2.50. The number of methoxy groups -OCH3 is 1. The second-order valence-electron chi connectivity index (χ2n) is 9.28. The van der Waals surface area contributed by atoms with Gasteiger partial charge >= 0.3 is 23.2 Å². The highest BCUT2D eigenvalue weighted by molar-refractivity contribution is 6.84. The van der Waals surface area contributed by atoms with Gasteiger partial charge in [-0.15, -0.1) is 0 Å². The van der Waals surface area contributed by atoms with Crippen LogP contribution in [0.1, 0.15) is 61.8 Å². The van der Waals surface area contributed by atoms with Crippen LogP contribution in [0.2, 0.25) is 22.2 Å². The number of hydrogen-bond donors (Lipinski definition) is 1. The summed E-state index contributed by atoms with van der Waals surface area (Å²) in [6.07, 6.45) is 2.29. The van der Waals surface area contributed by atoms with Gasteiger partial charge in [0.15, 0.2) is 0 Å². The summed E-state index contributed by atoms with van der Waals surface area (Å²) < 4.78 is 25.6. The van der Waals surface area contributed by atoms with E-state index in [1.165, 1.54) is 7.11 Å². The van der Waals surface area contributed by atoms with E-state index >= 15 is 0 Å². The van der Waals surface area contributed by atoms with Gasteiger partial charge in [0.2, 0.25) is 0 Å². The Labute approximate surface area is 172 Å². The first-order valence-electron chi connectivity index (χ1n) is 10.6. The normalized spacial score (nSPS) is 26.8. The van der Waals surface area contributed by atoms with Gasteiger partial charge in [-0.25, -0.2) is 4.79 Å². The third-order valence-electron chi connectivity index (χ3n) is 6.11. The van der Waals surface area contributed by atoms with Gasteiger partial charge in [-0.1, -0.05) is 61.5 Å². The summed E-state index contributed by atoms with van der Waals surface area (Å²) in [4.78, 5) is 11.7.